The number of hydrogen-bond donors (Lipinski definition) is 1. The van der Waals surface area contributed by atoms with Crippen LogP contribution in [-0.4, -0.2) is 27.5 Å². The molecule has 0 atom stereocenters. The van der Waals surface area contributed by atoms with Gasteiger partial charge in [0.15, 0.2) is 5.76 Å². The Kier molecular flexibility index (Phi) is 4.30. The molecule has 0 bridgehead atoms. The third-order valence-corrected chi connectivity index (χ3v) is 4.46. The van der Waals surface area contributed by atoms with Crippen LogP contribution < -0.4 is 11.3 Å². The first-order valence-electron chi connectivity index (χ1n) is 7.41. The van der Waals surface area contributed by atoms with Crippen LogP contribution in [0.1, 0.15) is 23.9 Å². The van der Waals surface area contributed by atoms with Crippen LogP contribution in [0.25, 0.3) is 11.0 Å². The summed E-state index contributed by atoms with van der Waals surface area (Å²) in [5.41, 5.74) is 6.56. The molecule has 1 aliphatic carbocycles. The minimum absolute atomic E-state index is 0.204. The fourth-order valence-electron chi connectivity index (χ4n) is 2.31. The second kappa shape index (κ2) is 6.40. The summed E-state index contributed by atoms with van der Waals surface area (Å²) in [6.45, 7) is 2.05. The Labute approximate surface area is 141 Å². The van der Waals surface area contributed by atoms with Gasteiger partial charge in [-0.15, -0.1) is 0 Å². The highest BCUT2D eigenvalue weighted by Crippen LogP contribution is 2.21. The Bertz CT molecular complexity index is 966. The van der Waals surface area contributed by atoms with Crippen molar-refractivity contribution in [3.8, 4) is 0 Å². The summed E-state index contributed by atoms with van der Waals surface area (Å²) < 4.78 is 6.50. The standard InChI is InChI=1S/C16H16N4O3S/c1-3-4-13-19-20-14(17)10(15(22)18-16(20)24-13)7-9-5-6-11(21)12(8-9)23-2/h5-8H,3-4,17H2,1-2H3/b9-7+. The number of aryl methyl sites for hydroxylation is 1. The summed E-state index contributed by atoms with van der Waals surface area (Å²) >= 11 is 1.36. The second-order valence-corrected chi connectivity index (χ2v) is 6.25. The molecule has 2 aromatic rings. The zero-order valence-corrected chi connectivity index (χ0v) is 14.1. The lowest BCUT2D eigenvalue weighted by atomic mass is 10.0. The SMILES string of the molecule is CCCc1nn2c(N)c(/C=C3\C=CC(=O)C(OC)=C3)c(=O)nc2s1. The third-order valence-electron chi connectivity index (χ3n) is 3.50. The Hall–Kier alpha value is -2.74. The van der Waals surface area contributed by atoms with Gasteiger partial charge in [0.25, 0.3) is 5.56 Å². The molecule has 24 heavy (non-hydrogen) atoms. The average molecular weight is 344 g/mol. The molecule has 8 heteroatoms. The van der Waals surface area contributed by atoms with Gasteiger partial charge in [0.05, 0.1) is 12.7 Å². The highest BCUT2D eigenvalue weighted by Gasteiger charge is 2.15. The van der Waals surface area contributed by atoms with Crippen molar-refractivity contribution in [2.45, 2.75) is 19.8 Å². The third kappa shape index (κ3) is 2.88. The number of nitrogen functional groups attached to an aromatic ring is 1. The Morgan fingerprint density at radius 1 is 1.38 bits per heavy atom. The van der Waals surface area contributed by atoms with Gasteiger partial charge in [-0.25, -0.2) is 0 Å². The highest BCUT2D eigenvalue weighted by molar-refractivity contribution is 7.16. The minimum atomic E-state index is -0.427. The van der Waals surface area contributed by atoms with Crippen molar-refractivity contribution < 1.29 is 9.53 Å². The predicted molar refractivity (Wildman–Crippen MR) is 92.8 cm³/mol. The van der Waals surface area contributed by atoms with Crippen LogP contribution in [-0.2, 0) is 16.0 Å². The molecule has 7 nitrogen and oxygen atoms in total. The van der Waals surface area contributed by atoms with E-state index in [1.807, 2.05) is 0 Å². The van der Waals surface area contributed by atoms with Crippen LogP contribution >= 0.6 is 11.3 Å². The first kappa shape index (κ1) is 16.1. The van der Waals surface area contributed by atoms with E-state index >= 15 is 0 Å². The molecule has 0 saturated heterocycles. The van der Waals surface area contributed by atoms with E-state index in [0.717, 1.165) is 17.8 Å². The molecule has 0 saturated carbocycles. The van der Waals surface area contributed by atoms with E-state index in [1.54, 1.807) is 18.2 Å². The number of hydrogen-bond acceptors (Lipinski definition) is 7. The van der Waals surface area contributed by atoms with E-state index in [2.05, 4.69) is 17.0 Å². The van der Waals surface area contributed by atoms with Crippen molar-refractivity contribution in [2.24, 2.45) is 0 Å². The monoisotopic (exact) mass is 344 g/mol. The molecule has 2 N–H and O–H groups in total. The summed E-state index contributed by atoms with van der Waals surface area (Å²) in [6, 6.07) is 0. The van der Waals surface area contributed by atoms with Gasteiger partial charge in [0.2, 0.25) is 10.7 Å². The van der Waals surface area contributed by atoms with E-state index in [4.69, 9.17) is 10.5 Å². The van der Waals surface area contributed by atoms with Gasteiger partial charge < -0.3 is 10.5 Å². The Balaban J connectivity index is 2.11. The van der Waals surface area contributed by atoms with Crippen LogP contribution in [0.4, 0.5) is 5.82 Å². The average Bonchev–Trinajstić information content (AvgIpc) is 2.96. The summed E-state index contributed by atoms with van der Waals surface area (Å²) in [6.07, 6.45) is 7.88. The molecule has 124 valence electrons. The first-order valence-corrected chi connectivity index (χ1v) is 8.23. The van der Waals surface area contributed by atoms with E-state index in [0.29, 0.717) is 10.5 Å². The Morgan fingerprint density at radius 3 is 2.88 bits per heavy atom. The molecule has 0 aromatic carbocycles. The van der Waals surface area contributed by atoms with Crippen molar-refractivity contribution in [3.05, 3.63) is 50.5 Å². The molecule has 0 amide bonds. The van der Waals surface area contributed by atoms with E-state index in [1.165, 1.54) is 29.0 Å². The van der Waals surface area contributed by atoms with Gasteiger partial charge in [-0.05, 0) is 30.2 Å². The summed E-state index contributed by atoms with van der Waals surface area (Å²) in [5.74, 6) is 0.209. The number of nitrogens with two attached hydrogens (primary N) is 1. The largest absolute Gasteiger partial charge is 0.493 e. The van der Waals surface area contributed by atoms with Gasteiger partial charge in [0, 0.05) is 6.42 Å². The minimum Gasteiger partial charge on any atom is -0.493 e. The summed E-state index contributed by atoms with van der Waals surface area (Å²) in [4.78, 5) is 28.4. The van der Waals surface area contributed by atoms with Gasteiger partial charge in [-0.2, -0.15) is 14.6 Å². The predicted octanol–water partition coefficient (Wildman–Crippen LogP) is 1.74. The maximum absolute atomic E-state index is 12.3. The van der Waals surface area contributed by atoms with Crippen LogP contribution in [0.15, 0.2) is 34.4 Å². The van der Waals surface area contributed by atoms with Gasteiger partial charge in [0.1, 0.15) is 10.8 Å². The lowest BCUT2D eigenvalue weighted by molar-refractivity contribution is -0.114. The highest BCUT2D eigenvalue weighted by atomic mass is 32.1. The summed E-state index contributed by atoms with van der Waals surface area (Å²) in [5, 5.41) is 5.29. The van der Waals surface area contributed by atoms with Gasteiger partial charge in [-0.1, -0.05) is 24.3 Å². The number of ketones is 1. The van der Waals surface area contributed by atoms with Crippen LogP contribution in [0.5, 0.6) is 0 Å². The molecule has 0 radical (unpaired) electrons. The maximum atomic E-state index is 12.3. The van der Waals surface area contributed by atoms with Gasteiger partial charge in [-0.3, -0.25) is 9.59 Å². The quantitative estimate of drug-likeness (QED) is 0.907. The number of ether oxygens (including phenoxy) is 1. The van der Waals surface area contributed by atoms with Crippen LogP contribution in [0.3, 0.4) is 0 Å². The zero-order valence-electron chi connectivity index (χ0n) is 13.3. The molecule has 2 aromatic heterocycles. The number of allylic oxidation sites excluding steroid dienone is 4. The fourth-order valence-corrected chi connectivity index (χ4v) is 3.31. The second-order valence-electron chi connectivity index (χ2n) is 5.21. The first-order chi connectivity index (χ1) is 11.5. The number of carbonyl (C=O) groups excluding carboxylic acids is 1. The van der Waals surface area contributed by atoms with Crippen molar-refractivity contribution in [2.75, 3.05) is 12.8 Å². The lowest BCUT2D eigenvalue weighted by Gasteiger charge is -2.08. The molecule has 1 aliphatic rings. The van der Waals surface area contributed by atoms with Crippen molar-refractivity contribution in [3.63, 3.8) is 0 Å². The number of methoxy groups -OCH3 is 1. The van der Waals surface area contributed by atoms with E-state index < -0.39 is 5.56 Å². The van der Waals surface area contributed by atoms with E-state index in [-0.39, 0.29) is 22.9 Å². The van der Waals surface area contributed by atoms with Crippen LogP contribution in [0.2, 0.25) is 0 Å². The number of fused-ring (bicyclic) bond motifs is 1. The lowest BCUT2D eigenvalue weighted by Crippen LogP contribution is -2.17. The topological polar surface area (TPSA) is 99.6 Å². The smallest absolute Gasteiger partial charge is 0.283 e. The van der Waals surface area contributed by atoms with Crippen LogP contribution in [0, 0.1) is 0 Å². The number of nitrogens with zero attached hydrogens (tertiary/aromatic N) is 3. The van der Waals surface area contributed by atoms with Gasteiger partial charge >= 0.3 is 0 Å². The molecule has 0 fully saturated rings. The normalized spacial score (nSPS) is 16.0. The number of carbonyl (C=O) groups is 1. The number of rotatable bonds is 4. The zero-order chi connectivity index (χ0) is 17.3. The molecular formula is C16H16N4O3S. The number of anilines is 1. The van der Waals surface area contributed by atoms with E-state index in [9.17, 15) is 9.59 Å². The number of aromatic nitrogens is 3. The molecule has 0 unspecified atom stereocenters. The molecule has 0 spiro atoms. The molecule has 3 rings (SSSR count). The van der Waals surface area contributed by atoms with Crippen molar-refractivity contribution in [1.29, 1.82) is 0 Å². The van der Waals surface area contributed by atoms with Crippen molar-refractivity contribution >= 4 is 34.0 Å². The fraction of sp³-hybridized carbons (Fsp3) is 0.250. The molecular weight excluding hydrogens is 328 g/mol. The molecule has 0 aliphatic heterocycles. The Morgan fingerprint density at radius 2 is 2.17 bits per heavy atom. The summed E-state index contributed by atoms with van der Waals surface area (Å²) in [7, 11) is 1.42. The van der Waals surface area contributed by atoms with Crippen molar-refractivity contribution in [1.82, 2.24) is 14.6 Å². The maximum Gasteiger partial charge on any atom is 0.283 e. The molecule has 2 heterocycles.